The second-order valence-corrected chi connectivity index (χ2v) is 3.90. The zero-order chi connectivity index (χ0) is 13.1. The number of halogens is 1. The molecule has 0 aliphatic rings. The topological polar surface area (TPSA) is 119 Å². The van der Waals surface area contributed by atoms with Gasteiger partial charge in [0.2, 0.25) is 5.95 Å². The van der Waals surface area contributed by atoms with Crippen LogP contribution in [0, 0.1) is 0 Å². The van der Waals surface area contributed by atoms with Crippen LogP contribution in [0.1, 0.15) is 0 Å². The second-order valence-electron chi connectivity index (χ2n) is 3.54. The maximum Gasteiger partial charge on any atom is 0.223 e. The number of anilines is 1. The molecule has 0 aliphatic carbocycles. The van der Waals surface area contributed by atoms with Crippen LogP contribution in [-0.4, -0.2) is 49.0 Å². The minimum atomic E-state index is -0.655. The summed E-state index contributed by atoms with van der Waals surface area (Å²) in [7, 11) is 0. The second kappa shape index (κ2) is 5.44. The number of imidazole rings is 1. The molecule has 9 heteroatoms. The summed E-state index contributed by atoms with van der Waals surface area (Å²) in [5, 5.41) is 17.9. The van der Waals surface area contributed by atoms with Gasteiger partial charge < -0.3 is 20.7 Å². The van der Waals surface area contributed by atoms with Crippen molar-refractivity contribution >= 4 is 28.7 Å². The van der Waals surface area contributed by atoms with E-state index in [1.807, 2.05) is 0 Å². The number of hydrogen-bond acceptors (Lipinski definition) is 7. The van der Waals surface area contributed by atoms with Gasteiger partial charge in [0.15, 0.2) is 10.8 Å². The summed E-state index contributed by atoms with van der Waals surface area (Å²) < 4.78 is 6.80. The molecule has 0 bridgehead atoms. The lowest BCUT2D eigenvalue weighted by molar-refractivity contribution is -0.0488. The molecule has 0 amide bonds. The van der Waals surface area contributed by atoms with Gasteiger partial charge in [0.05, 0.1) is 19.5 Å². The molecule has 2 aromatic heterocycles. The van der Waals surface area contributed by atoms with E-state index in [2.05, 4.69) is 15.0 Å². The summed E-state index contributed by atoms with van der Waals surface area (Å²) in [4.78, 5) is 11.8. The van der Waals surface area contributed by atoms with Gasteiger partial charge in [0, 0.05) is 0 Å². The fourth-order valence-corrected chi connectivity index (χ4v) is 1.59. The van der Waals surface area contributed by atoms with Crippen molar-refractivity contribution in [3.63, 3.8) is 0 Å². The maximum atomic E-state index is 8.88. The number of aromatic nitrogens is 4. The lowest BCUT2D eigenvalue weighted by Gasteiger charge is -2.12. The largest absolute Gasteiger partial charge is 0.394 e. The van der Waals surface area contributed by atoms with Crippen LogP contribution in [0.25, 0.3) is 11.2 Å². The van der Waals surface area contributed by atoms with Crippen LogP contribution in [0.15, 0.2) is 6.33 Å². The highest BCUT2D eigenvalue weighted by Gasteiger charge is 2.12. The van der Waals surface area contributed by atoms with Crippen molar-refractivity contribution < 1.29 is 14.9 Å². The SMILES string of the molecule is Nc1nc(Cl)c2ncn(COC(CO)CO)c2n1. The van der Waals surface area contributed by atoms with Gasteiger partial charge in [-0.3, -0.25) is 4.57 Å². The Hall–Kier alpha value is -1.48. The number of nitrogen functional groups attached to an aromatic ring is 1. The Labute approximate surface area is 107 Å². The van der Waals surface area contributed by atoms with E-state index in [1.165, 1.54) is 6.33 Å². The summed E-state index contributed by atoms with van der Waals surface area (Å²) in [6.45, 7) is -0.489. The van der Waals surface area contributed by atoms with Crippen molar-refractivity contribution in [1.82, 2.24) is 19.5 Å². The highest BCUT2D eigenvalue weighted by atomic mass is 35.5. The lowest BCUT2D eigenvalue weighted by atomic mass is 10.4. The van der Waals surface area contributed by atoms with Gasteiger partial charge in [0.25, 0.3) is 0 Å². The molecule has 0 spiro atoms. The summed E-state index contributed by atoms with van der Waals surface area (Å²) in [5.74, 6) is 0.0371. The first kappa shape index (κ1) is 13.0. The van der Waals surface area contributed by atoms with Crippen molar-refractivity contribution in [3.05, 3.63) is 11.5 Å². The zero-order valence-electron chi connectivity index (χ0n) is 9.32. The fraction of sp³-hybridized carbons (Fsp3) is 0.444. The summed E-state index contributed by atoms with van der Waals surface area (Å²) in [6, 6.07) is 0. The third-order valence-electron chi connectivity index (χ3n) is 2.30. The Morgan fingerprint density at radius 1 is 1.39 bits per heavy atom. The first-order valence-corrected chi connectivity index (χ1v) is 5.50. The van der Waals surface area contributed by atoms with E-state index in [0.717, 1.165) is 0 Å². The van der Waals surface area contributed by atoms with Crippen molar-refractivity contribution in [2.45, 2.75) is 12.8 Å². The quantitative estimate of drug-likeness (QED) is 0.622. The number of hydrogen-bond donors (Lipinski definition) is 3. The van der Waals surface area contributed by atoms with Crippen molar-refractivity contribution in [3.8, 4) is 0 Å². The fourth-order valence-electron chi connectivity index (χ4n) is 1.37. The monoisotopic (exact) mass is 273 g/mol. The average Bonchev–Trinajstić information content (AvgIpc) is 2.74. The highest BCUT2D eigenvalue weighted by Crippen LogP contribution is 2.19. The van der Waals surface area contributed by atoms with E-state index in [0.29, 0.717) is 11.2 Å². The Bertz CT molecular complexity index is 542. The van der Waals surface area contributed by atoms with E-state index >= 15 is 0 Å². The predicted molar refractivity (Wildman–Crippen MR) is 63.8 cm³/mol. The Balaban J connectivity index is 2.24. The van der Waals surface area contributed by atoms with E-state index in [4.69, 9.17) is 32.3 Å². The van der Waals surface area contributed by atoms with Gasteiger partial charge in [-0.1, -0.05) is 11.6 Å². The highest BCUT2D eigenvalue weighted by molar-refractivity contribution is 6.33. The summed E-state index contributed by atoms with van der Waals surface area (Å²) in [6.07, 6.45) is 0.813. The standard InChI is InChI=1S/C9H12ClN5O3/c10-7-6-8(14-9(11)13-7)15(3-12-6)4-18-5(1-16)2-17/h3,5,16-17H,1-2,4H2,(H2,11,13,14). The third-order valence-corrected chi connectivity index (χ3v) is 2.56. The molecule has 0 radical (unpaired) electrons. The molecule has 0 saturated heterocycles. The van der Waals surface area contributed by atoms with Crippen molar-refractivity contribution in [2.75, 3.05) is 18.9 Å². The minimum Gasteiger partial charge on any atom is -0.394 e. The molecule has 0 fully saturated rings. The molecule has 98 valence electrons. The van der Waals surface area contributed by atoms with E-state index in [9.17, 15) is 0 Å². The lowest BCUT2D eigenvalue weighted by Crippen LogP contribution is -2.23. The number of fused-ring (bicyclic) bond motifs is 1. The Kier molecular flexibility index (Phi) is 3.92. The Morgan fingerprint density at radius 2 is 2.11 bits per heavy atom. The molecule has 2 rings (SSSR count). The van der Waals surface area contributed by atoms with Crippen molar-refractivity contribution in [2.24, 2.45) is 0 Å². The molecule has 0 aliphatic heterocycles. The average molecular weight is 274 g/mol. The number of ether oxygens (including phenoxy) is 1. The van der Waals surface area contributed by atoms with Gasteiger partial charge in [-0.25, -0.2) is 4.98 Å². The van der Waals surface area contributed by atoms with E-state index in [-0.39, 0.29) is 31.0 Å². The normalized spacial score (nSPS) is 11.6. The number of rotatable bonds is 5. The molecule has 0 saturated carbocycles. The van der Waals surface area contributed by atoms with Crippen LogP contribution in [0.4, 0.5) is 5.95 Å². The number of aliphatic hydroxyl groups is 2. The molecule has 8 nitrogen and oxygen atoms in total. The number of aliphatic hydroxyl groups excluding tert-OH is 2. The van der Waals surface area contributed by atoms with Gasteiger partial charge >= 0.3 is 0 Å². The van der Waals surface area contributed by atoms with Crippen LogP contribution in [0.5, 0.6) is 0 Å². The van der Waals surface area contributed by atoms with Gasteiger partial charge in [-0.05, 0) is 0 Å². The molecule has 2 aromatic rings. The number of nitrogens with two attached hydrogens (primary N) is 1. The van der Waals surface area contributed by atoms with E-state index in [1.54, 1.807) is 4.57 Å². The molecular weight excluding hydrogens is 262 g/mol. The van der Waals surface area contributed by atoms with Crippen LogP contribution >= 0.6 is 11.6 Å². The minimum absolute atomic E-state index is 0.0371. The molecule has 18 heavy (non-hydrogen) atoms. The van der Waals surface area contributed by atoms with Crippen LogP contribution < -0.4 is 5.73 Å². The molecule has 0 atom stereocenters. The third kappa shape index (κ3) is 2.51. The van der Waals surface area contributed by atoms with Crippen LogP contribution in [-0.2, 0) is 11.5 Å². The molecule has 4 N–H and O–H groups in total. The first-order valence-electron chi connectivity index (χ1n) is 5.13. The molecular formula is C9H12ClN5O3. The van der Waals surface area contributed by atoms with Gasteiger partial charge in [-0.15, -0.1) is 0 Å². The smallest absolute Gasteiger partial charge is 0.223 e. The van der Waals surface area contributed by atoms with E-state index < -0.39 is 6.10 Å². The summed E-state index contributed by atoms with van der Waals surface area (Å²) in [5.41, 5.74) is 6.34. The first-order chi connectivity index (χ1) is 8.65. The Morgan fingerprint density at radius 3 is 2.78 bits per heavy atom. The predicted octanol–water partition coefficient (Wildman–Crippen LogP) is -0.611. The molecule has 0 unspecified atom stereocenters. The van der Waals surface area contributed by atoms with Crippen LogP contribution in [0.2, 0.25) is 5.15 Å². The maximum absolute atomic E-state index is 8.88. The van der Waals surface area contributed by atoms with Crippen LogP contribution in [0.3, 0.4) is 0 Å². The number of nitrogens with zero attached hydrogens (tertiary/aromatic N) is 4. The zero-order valence-corrected chi connectivity index (χ0v) is 10.1. The van der Waals surface area contributed by atoms with Gasteiger partial charge in [0.1, 0.15) is 18.4 Å². The summed E-state index contributed by atoms with van der Waals surface area (Å²) >= 11 is 5.87. The van der Waals surface area contributed by atoms with Gasteiger partial charge in [-0.2, -0.15) is 9.97 Å². The molecule has 2 heterocycles. The van der Waals surface area contributed by atoms with Crippen molar-refractivity contribution in [1.29, 1.82) is 0 Å². The molecule has 0 aromatic carbocycles.